The fourth-order valence-electron chi connectivity index (χ4n) is 4.24. The van der Waals surface area contributed by atoms with E-state index in [1.54, 1.807) is 42.5 Å². The van der Waals surface area contributed by atoms with Gasteiger partial charge in [-0.2, -0.15) is 21.6 Å². The zero-order valence-electron chi connectivity index (χ0n) is 21.8. The molecule has 3 aromatic carbocycles. The van der Waals surface area contributed by atoms with Gasteiger partial charge < -0.3 is 13.8 Å². The molecule has 1 saturated heterocycles. The molecule has 0 unspecified atom stereocenters. The van der Waals surface area contributed by atoms with Gasteiger partial charge in [-0.1, -0.05) is 42.5 Å². The molecule has 3 aromatic rings. The van der Waals surface area contributed by atoms with Crippen molar-refractivity contribution in [2.45, 2.75) is 37.4 Å². The highest BCUT2D eigenvalue weighted by molar-refractivity contribution is 7.88. The van der Waals surface area contributed by atoms with E-state index in [1.807, 2.05) is 12.1 Å². The number of benzene rings is 3. The maximum absolute atomic E-state index is 12.9. The Morgan fingerprint density at radius 2 is 1.63 bits per heavy atom. The Kier molecular flexibility index (Phi) is 8.94. The summed E-state index contributed by atoms with van der Waals surface area (Å²) < 4.78 is 96.8. The van der Waals surface area contributed by atoms with Crippen molar-refractivity contribution in [2.75, 3.05) is 17.7 Å². The lowest BCUT2D eigenvalue weighted by Crippen LogP contribution is -2.46. The standard InChI is InChI=1S/C27H27F3N2O7S2/c1-40(34,35)31-15-5-8-19-9-11-21(12-10-19)32-24(17-26(32)33)23-14-13-22(39-41(36,37)27(28,29)30)16-25(23)38-18-20-6-3-2-4-7-20/h2-4,6-7,9-14,16,24,31H,5,8,15,17-18H2,1H3/t24-/m0/s1. The molecule has 0 radical (unpaired) electrons. The summed E-state index contributed by atoms with van der Waals surface area (Å²) in [7, 11) is -9.16. The van der Waals surface area contributed by atoms with Gasteiger partial charge in [0.05, 0.1) is 18.7 Å². The van der Waals surface area contributed by atoms with E-state index < -0.39 is 37.4 Å². The Morgan fingerprint density at radius 1 is 0.951 bits per heavy atom. The highest BCUT2D eigenvalue weighted by Crippen LogP contribution is 2.44. The van der Waals surface area contributed by atoms with Crippen molar-refractivity contribution in [2.24, 2.45) is 0 Å². The van der Waals surface area contributed by atoms with Crippen LogP contribution >= 0.6 is 0 Å². The zero-order chi connectivity index (χ0) is 29.8. The van der Waals surface area contributed by atoms with Crippen LogP contribution in [0.15, 0.2) is 72.8 Å². The Bertz CT molecular complexity index is 1600. The third-order valence-electron chi connectivity index (χ3n) is 6.24. The molecular formula is C27H27F3N2O7S2. The first kappa shape index (κ1) is 30.3. The van der Waals surface area contributed by atoms with E-state index in [0.29, 0.717) is 30.6 Å². The van der Waals surface area contributed by atoms with E-state index in [-0.39, 0.29) is 24.7 Å². The quantitative estimate of drug-likeness (QED) is 0.139. The molecule has 220 valence electrons. The molecule has 0 spiro atoms. The van der Waals surface area contributed by atoms with Gasteiger partial charge in [0.15, 0.2) is 0 Å². The monoisotopic (exact) mass is 612 g/mol. The number of β-lactam (4-membered cyclic amide) rings is 1. The molecule has 0 aromatic heterocycles. The summed E-state index contributed by atoms with van der Waals surface area (Å²) in [4.78, 5) is 14.2. The Balaban J connectivity index is 1.55. The number of rotatable bonds is 12. The summed E-state index contributed by atoms with van der Waals surface area (Å²) in [5, 5.41) is 0. The van der Waals surface area contributed by atoms with Crippen LogP contribution in [0.4, 0.5) is 18.9 Å². The smallest absolute Gasteiger partial charge is 0.488 e. The number of alkyl halides is 3. The molecule has 4 rings (SSSR count). The lowest BCUT2D eigenvalue weighted by Gasteiger charge is -2.41. The minimum atomic E-state index is -5.90. The number of aryl methyl sites for hydroxylation is 1. The maximum atomic E-state index is 12.9. The van der Waals surface area contributed by atoms with Crippen molar-refractivity contribution in [3.05, 3.63) is 89.5 Å². The van der Waals surface area contributed by atoms with E-state index in [2.05, 4.69) is 8.91 Å². The molecule has 1 fully saturated rings. The first-order valence-corrected chi connectivity index (χ1v) is 15.7. The van der Waals surface area contributed by atoms with Crippen LogP contribution in [0.5, 0.6) is 11.5 Å². The van der Waals surface area contributed by atoms with Gasteiger partial charge in [0, 0.05) is 23.9 Å². The van der Waals surface area contributed by atoms with Crippen LogP contribution < -0.4 is 18.5 Å². The first-order chi connectivity index (χ1) is 19.2. The predicted octanol–water partition coefficient (Wildman–Crippen LogP) is 4.45. The second kappa shape index (κ2) is 12.1. The Morgan fingerprint density at radius 3 is 2.24 bits per heavy atom. The van der Waals surface area contributed by atoms with Gasteiger partial charge in [-0.05, 0) is 48.2 Å². The number of sulfonamides is 1. The minimum Gasteiger partial charge on any atom is -0.488 e. The number of nitrogens with zero attached hydrogens (tertiary/aromatic N) is 1. The van der Waals surface area contributed by atoms with Crippen LogP contribution in [0.3, 0.4) is 0 Å². The fraction of sp³-hybridized carbons (Fsp3) is 0.296. The number of carbonyl (C=O) groups excluding carboxylic acids is 1. The van der Waals surface area contributed by atoms with Crippen LogP contribution in [-0.4, -0.2) is 41.1 Å². The Labute approximate surface area is 236 Å². The first-order valence-electron chi connectivity index (χ1n) is 12.4. The minimum absolute atomic E-state index is 0.0346. The van der Waals surface area contributed by atoms with E-state index >= 15 is 0 Å². The van der Waals surface area contributed by atoms with Gasteiger partial charge in [0.2, 0.25) is 15.9 Å². The lowest BCUT2D eigenvalue weighted by molar-refractivity contribution is -0.124. The number of ether oxygens (including phenoxy) is 1. The number of hydrogen-bond acceptors (Lipinski definition) is 7. The van der Waals surface area contributed by atoms with Gasteiger partial charge in [-0.25, -0.2) is 13.1 Å². The van der Waals surface area contributed by atoms with Crippen molar-refractivity contribution < 1.29 is 43.7 Å². The van der Waals surface area contributed by atoms with Crippen molar-refractivity contribution in [1.29, 1.82) is 0 Å². The Hall–Kier alpha value is -3.62. The van der Waals surface area contributed by atoms with Gasteiger partial charge in [-0.3, -0.25) is 4.79 Å². The second-order valence-electron chi connectivity index (χ2n) is 9.38. The third-order valence-corrected chi connectivity index (χ3v) is 7.95. The second-order valence-corrected chi connectivity index (χ2v) is 12.7. The highest BCUT2D eigenvalue weighted by Gasteiger charge is 2.48. The summed E-state index contributed by atoms with van der Waals surface area (Å²) in [5.74, 6) is -0.698. The summed E-state index contributed by atoms with van der Waals surface area (Å²) in [6.07, 6.45) is 2.38. The average Bonchev–Trinajstić information content (AvgIpc) is 2.89. The van der Waals surface area contributed by atoms with Crippen LogP contribution in [0, 0.1) is 0 Å². The molecule has 41 heavy (non-hydrogen) atoms. The van der Waals surface area contributed by atoms with E-state index in [0.717, 1.165) is 29.5 Å². The van der Waals surface area contributed by atoms with Gasteiger partial charge >= 0.3 is 15.6 Å². The molecule has 1 aliphatic heterocycles. The van der Waals surface area contributed by atoms with Crippen LogP contribution in [0.25, 0.3) is 0 Å². The summed E-state index contributed by atoms with van der Waals surface area (Å²) in [6.45, 7) is 0.329. The molecule has 14 heteroatoms. The molecule has 1 aliphatic rings. The molecule has 1 heterocycles. The molecule has 1 amide bonds. The molecule has 0 bridgehead atoms. The molecule has 0 saturated carbocycles. The maximum Gasteiger partial charge on any atom is 0.534 e. The topological polar surface area (TPSA) is 119 Å². The largest absolute Gasteiger partial charge is 0.534 e. The molecule has 1 N–H and O–H groups in total. The number of amides is 1. The summed E-state index contributed by atoms with van der Waals surface area (Å²) >= 11 is 0. The number of hydrogen-bond donors (Lipinski definition) is 1. The average molecular weight is 613 g/mol. The van der Waals surface area contributed by atoms with Crippen molar-refractivity contribution in [3.8, 4) is 11.5 Å². The van der Waals surface area contributed by atoms with Crippen LogP contribution in [0.1, 0.15) is 35.6 Å². The van der Waals surface area contributed by atoms with E-state index in [4.69, 9.17) is 4.74 Å². The molecule has 0 aliphatic carbocycles. The number of carbonyl (C=O) groups is 1. The van der Waals surface area contributed by atoms with Crippen LogP contribution in [-0.2, 0) is 38.0 Å². The lowest BCUT2D eigenvalue weighted by atomic mass is 9.92. The van der Waals surface area contributed by atoms with Gasteiger partial charge in [0.25, 0.3) is 0 Å². The van der Waals surface area contributed by atoms with Gasteiger partial charge in [0.1, 0.15) is 18.1 Å². The summed E-state index contributed by atoms with van der Waals surface area (Å²) in [5.41, 5.74) is -2.86. The van der Waals surface area contributed by atoms with Crippen molar-refractivity contribution in [1.82, 2.24) is 4.72 Å². The SMILES string of the molecule is CS(=O)(=O)NCCCc1ccc(N2C(=O)C[C@H]2c2ccc(OS(=O)(=O)C(F)(F)F)cc2OCc2ccccc2)cc1. The summed E-state index contributed by atoms with van der Waals surface area (Å²) in [6, 6.07) is 19.1. The number of nitrogens with one attached hydrogen (secondary N) is 1. The highest BCUT2D eigenvalue weighted by atomic mass is 32.2. The third kappa shape index (κ3) is 7.77. The molecule has 1 atom stereocenters. The van der Waals surface area contributed by atoms with Gasteiger partial charge in [-0.15, -0.1) is 0 Å². The van der Waals surface area contributed by atoms with Crippen LogP contribution in [0.2, 0.25) is 0 Å². The molecular weight excluding hydrogens is 585 g/mol. The normalized spacial score (nSPS) is 15.9. The molecule has 9 nitrogen and oxygen atoms in total. The van der Waals surface area contributed by atoms with E-state index in [9.17, 15) is 34.8 Å². The number of anilines is 1. The van der Waals surface area contributed by atoms with Crippen molar-refractivity contribution >= 4 is 31.7 Å². The predicted molar refractivity (Wildman–Crippen MR) is 145 cm³/mol. The number of halogens is 3. The zero-order valence-corrected chi connectivity index (χ0v) is 23.4. The van der Waals surface area contributed by atoms with E-state index in [1.165, 1.54) is 11.0 Å². The fourth-order valence-corrected chi connectivity index (χ4v) is 5.21. The van der Waals surface area contributed by atoms with Crippen molar-refractivity contribution in [3.63, 3.8) is 0 Å².